The fraction of sp³-hybridized carbons (Fsp3) is 0.222. The van der Waals surface area contributed by atoms with Crippen LogP contribution in [0.4, 0.5) is 0 Å². The van der Waals surface area contributed by atoms with Crippen LogP contribution in [0.15, 0.2) is 48.8 Å². The number of carbonyl (C=O) groups is 3. The van der Waals surface area contributed by atoms with Crippen molar-refractivity contribution in [2.24, 2.45) is 5.92 Å². The summed E-state index contributed by atoms with van der Waals surface area (Å²) < 4.78 is 4.74. The third-order valence-electron chi connectivity index (χ3n) is 4.17. The Labute approximate surface area is 143 Å². The third kappa shape index (κ3) is 3.01. The van der Waals surface area contributed by atoms with Crippen LogP contribution in [-0.4, -0.2) is 46.4 Å². The van der Waals surface area contributed by atoms with Crippen molar-refractivity contribution < 1.29 is 24.2 Å². The van der Waals surface area contributed by atoms with E-state index in [-0.39, 0.29) is 17.7 Å². The highest BCUT2D eigenvalue weighted by atomic mass is 16.5. The van der Waals surface area contributed by atoms with E-state index in [2.05, 4.69) is 4.98 Å². The zero-order valence-electron chi connectivity index (χ0n) is 13.5. The standard InChI is InChI=1S/C18H16N2O5/c1-25-18(24)14(15(21)11-5-4-8-19-9-11)10-20-16(22)12-6-2-3-7-13(12)17(20)23/h2-9,14-15,21H,10H2,1H3/t14-,15+/m0/s1. The van der Waals surface area contributed by atoms with Crippen molar-refractivity contribution in [1.82, 2.24) is 9.88 Å². The monoisotopic (exact) mass is 340 g/mol. The first kappa shape index (κ1) is 16.8. The summed E-state index contributed by atoms with van der Waals surface area (Å²) in [7, 11) is 1.19. The second-order valence-corrected chi connectivity index (χ2v) is 5.63. The van der Waals surface area contributed by atoms with Gasteiger partial charge in [-0.2, -0.15) is 0 Å². The molecule has 0 fully saturated rings. The van der Waals surface area contributed by atoms with Gasteiger partial charge in [0.1, 0.15) is 5.92 Å². The van der Waals surface area contributed by atoms with E-state index < -0.39 is 29.8 Å². The molecule has 1 aromatic carbocycles. The summed E-state index contributed by atoms with van der Waals surface area (Å²) in [4.78, 5) is 42.0. The molecule has 1 aliphatic rings. The summed E-state index contributed by atoms with van der Waals surface area (Å²) in [6, 6.07) is 9.66. The Morgan fingerprint density at radius 3 is 2.32 bits per heavy atom. The van der Waals surface area contributed by atoms with E-state index in [9.17, 15) is 19.5 Å². The summed E-state index contributed by atoms with van der Waals surface area (Å²) in [5.41, 5.74) is 0.966. The predicted molar refractivity (Wildman–Crippen MR) is 86.5 cm³/mol. The second-order valence-electron chi connectivity index (χ2n) is 5.63. The van der Waals surface area contributed by atoms with Crippen LogP contribution in [-0.2, 0) is 9.53 Å². The molecular weight excluding hydrogens is 324 g/mol. The zero-order valence-corrected chi connectivity index (χ0v) is 13.5. The van der Waals surface area contributed by atoms with Gasteiger partial charge in [-0.15, -0.1) is 0 Å². The number of pyridine rings is 1. The lowest BCUT2D eigenvalue weighted by Gasteiger charge is -2.24. The van der Waals surface area contributed by atoms with Crippen LogP contribution in [0.25, 0.3) is 0 Å². The molecule has 0 saturated heterocycles. The molecule has 1 N–H and O–H groups in total. The van der Waals surface area contributed by atoms with Gasteiger partial charge in [0.2, 0.25) is 0 Å². The quantitative estimate of drug-likeness (QED) is 0.649. The van der Waals surface area contributed by atoms with Crippen LogP contribution in [0.3, 0.4) is 0 Å². The molecule has 7 nitrogen and oxygen atoms in total. The number of methoxy groups -OCH3 is 1. The molecule has 0 radical (unpaired) electrons. The van der Waals surface area contributed by atoms with Gasteiger partial charge in [0.15, 0.2) is 0 Å². The molecule has 0 unspecified atom stereocenters. The average molecular weight is 340 g/mol. The third-order valence-corrected chi connectivity index (χ3v) is 4.17. The molecular formula is C18H16N2O5. The Morgan fingerprint density at radius 1 is 1.16 bits per heavy atom. The molecule has 25 heavy (non-hydrogen) atoms. The Kier molecular flexibility index (Phi) is 4.58. The number of aliphatic hydroxyl groups is 1. The highest BCUT2D eigenvalue weighted by Crippen LogP contribution is 2.28. The minimum Gasteiger partial charge on any atom is -0.469 e. The number of aromatic nitrogens is 1. The number of esters is 1. The van der Waals surface area contributed by atoms with Crippen molar-refractivity contribution in [2.75, 3.05) is 13.7 Å². The van der Waals surface area contributed by atoms with Crippen LogP contribution in [0.5, 0.6) is 0 Å². The number of amides is 2. The maximum Gasteiger partial charge on any atom is 0.313 e. The van der Waals surface area contributed by atoms with Gasteiger partial charge in [-0.1, -0.05) is 18.2 Å². The van der Waals surface area contributed by atoms with Crippen LogP contribution in [0, 0.1) is 5.92 Å². The molecule has 0 aliphatic carbocycles. The first-order chi connectivity index (χ1) is 12.0. The van der Waals surface area contributed by atoms with Crippen LogP contribution in [0.1, 0.15) is 32.4 Å². The van der Waals surface area contributed by atoms with Gasteiger partial charge in [0.05, 0.1) is 24.3 Å². The number of hydrogen-bond acceptors (Lipinski definition) is 6. The molecule has 128 valence electrons. The second kappa shape index (κ2) is 6.82. The van der Waals surface area contributed by atoms with Crippen molar-refractivity contribution in [3.63, 3.8) is 0 Å². The molecule has 0 spiro atoms. The lowest BCUT2D eigenvalue weighted by Crippen LogP contribution is -2.40. The van der Waals surface area contributed by atoms with Gasteiger partial charge >= 0.3 is 5.97 Å². The number of nitrogens with zero attached hydrogens (tertiary/aromatic N) is 2. The van der Waals surface area contributed by atoms with Crippen molar-refractivity contribution in [2.45, 2.75) is 6.10 Å². The van der Waals surface area contributed by atoms with Crippen LogP contribution in [0.2, 0.25) is 0 Å². The summed E-state index contributed by atoms with van der Waals surface area (Å²) in [6.45, 7) is -0.283. The highest BCUT2D eigenvalue weighted by Gasteiger charge is 2.40. The van der Waals surface area contributed by atoms with Crippen molar-refractivity contribution >= 4 is 17.8 Å². The molecule has 2 aromatic rings. The van der Waals surface area contributed by atoms with E-state index in [0.29, 0.717) is 5.56 Å². The van der Waals surface area contributed by atoms with Crippen molar-refractivity contribution in [3.8, 4) is 0 Å². The van der Waals surface area contributed by atoms with E-state index in [1.165, 1.54) is 19.5 Å². The molecule has 0 bridgehead atoms. The fourth-order valence-electron chi connectivity index (χ4n) is 2.84. The van der Waals surface area contributed by atoms with Gasteiger partial charge in [-0.25, -0.2) is 0 Å². The first-order valence-corrected chi connectivity index (χ1v) is 7.65. The molecule has 2 heterocycles. The molecule has 1 aliphatic heterocycles. The van der Waals surface area contributed by atoms with E-state index >= 15 is 0 Å². The smallest absolute Gasteiger partial charge is 0.313 e. The number of fused-ring (bicyclic) bond motifs is 1. The average Bonchev–Trinajstić information content (AvgIpc) is 2.90. The number of ether oxygens (including phenoxy) is 1. The Hall–Kier alpha value is -3.06. The van der Waals surface area contributed by atoms with E-state index in [0.717, 1.165) is 4.90 Å². The molecule has 7 heteroatoms. The van der Waals surface area contributed by atoms with E-state index in [4.69, 9.17) is 4.74 Å². The van der Waals surface area contributed by atoms with Gasteiger partial charge in [0, 0.05) is 18.9 Å². The normalized spacial score (nSPS) is 15.7. The van der Waals surface area contributed by atoms with Crippen LogP contribution >= 0.6 is 0 Å². The lowest BCUT2D eigenvalue weighted by atomic mass is 9.96. The fourth-order valence-corrected chi connectivity index (χ4v) is 2.84. The molecule has 1 aromatic heterocycles. The number of rotatable bonds is 5. The summed E-state index contributed by atoms with van der Waals surface area (Å²) >= 11 is 0. The number of hydrogen-bond donors (Lipinski definition) is 1. The predicted octanol–water partition coefficient (Wildman–Crippen LogP) is 1.20. The van der Waals surface area contributed by atoms with Crippen molar-refractivity contribution in [3.05, 3.63) is 65.5 Å². The minimum atomic E-state index is -1.26. The number of benzene rings is 1. The van der Waals surface area contributed by atoms with Gasteiger partial charge in [-0.3, -0.25) is 24.3 Å². The number of carbonyl (C=O) groups excluding carboxylic acids is 3. The Balaban J connectivity index is 1.88. The summed E-state index contributed by atoms with van der Waals surface area (Å²) in [5.74, 6) is -2.81. The topological polar surface area (TPSA) is 96.8 Å². The van der Waals surface area contributed by atoms with Gasteiger partial charge in [0.25, 0.3) is 11.8 Å². The summed E-state index contributed by atoms with van der Waals surface area (Å²) in [5, 5.41) is 10.5. The van der Waals surface area contributed by atoms with E-state index in [1.54, 1.807) is 36.4 Å². The molecule has 2 amide bonds. The number of aliphatic hydroxyl groups excluding tert-OH is 1. The van der Waals surface area contributed by atoms with E-state index in [1.807, 2.05) is 0 Å². The molecule has 3 rings (SSSR count). The SMILES string of the molecule is COC(=O)[C@@H](CN1C(=O)c2ccccc2C1=O)[C@H](O)c1cccnc1. The first-order valence-electron chi connectivity index (χ1n) is 7.65. The molecule has 0 saturated carbocycles. The Bertz CT molecular complexity index is 786. The van der Waals surface area contributed by atoms with Crippen molar-refractivity contribution in [1.29, 1.82) is 0 Å². The zero-order chi connectivity index (χ0) is 18.0. The minimum absolute atomic E-state index is 0.283. The van der Waals surface area contributed by atoms with Gasteiger partial charge in [-0.05, 0) is 23.8 Å². The highest BCUT2D eigenvalue weighted by molar-refractivity contribution is 6.21. The summed E-state index contributed by atoms with van der Waals surface area (Å²) in [6.07, 6.45) is 1.70. The Morgan fingerprint density at radius 2 is 1.80 bits per heavy atom. The molecule has 2 atom stereocenters. The number of imide groups is 1. The largest absolute Gasteiger partial charge is 0.469 e. The van der Waals surface area contributed by atoms with Crippen LogP contribution < -0.4 is 0 Å². The lowest BCUT2D eigenvalue weighted by molar-refractivity contribution is -0.150. The maximum atomic E-state index is 12.5. The maximum absolute atomic E-state index is 12.5. The van der Waals surface area contributed by atoms with Gasteiger partial charge < -0.3 is 9.84 Å².